The molecule has 39 heavy (non-hydrogen) atoms. The number of aryl methyl sites for hydroxylation is 1. The number of fused-ring (bicyclic) bond motifs is 1. The van der Waals surface area contributed by atoms with Gasteiger partial charge in [-0.15, -0.1) is 0 Å². The van der Waals surface area contributed by atoms with Crippen molar-refractivity contribution in [3.63, 3.8) is 0 Å². The zero-order valence-electron chi connectivity index (χ0n) is 23.1. The van der Waals surface area contributed by atoms with Crippen LogP contribution >= 0.6 is 0 Å². The van der Waals surface area contributed by atoms with E-state index in [1.54, 1.807) is 4.90 Å². The number of rotatable bonds is 14. The van der Waals surface area contributed by atoms with E-state index in [9.17, 15) is 9.59 Å². The predicted molar refractivity (Wildman–Crippen MR) is 157 cm³/mol. The third-order valence-electron chi connectivity index (χ3n) is 6.93. The SMILES string of the molecule is CCCN(CC(=O)N(CCc1c[nH]c2ccccc12)Cc1ccc(OCC)cc1)C(=O)CCc1ccccc1. The molecule has 0 saturated heterocycles. The predicted octanol–water partition coefficient (Wildman–Crippen LogP) is 6.01. The highest BCUT2D eigenvalue weighted by atomic mass is 16.5. The Hall–Kier alpha value is -4.06. The summed E-state index contributed by atoms with van der Waals surface area (Å²) in [6, 6.07) is 26.1. The highest BCUT2D eigenvalue weighted by Gasteiger charge is 2.21. The van der Waals surface area contributed by atoms with Gasteiger partial charge in [0.2, 0.25) is 11.8 Å². The molecule has 6 heteroatoms. The fourth-order valence-corrected chi connectivity index (χ4v) is 4.84. The fraction of sp³-hybridized carbons (Fsp3) is 0.333. The molecule has 0 radical (unpaired) electrons. The molecule has 2 amide bonds. The van der Waals surface area contributed by atoms with E-state index in [2.05, 4.69) is 17.1 Å². The van der Waals surface area contributed by atoms with Gasteiger partial charge in [-0.25, -0.2) is 0 Å². The number of benzene rings is 3. The van der Waals surface area contributed by atoms with E-state index in [1.807, 2.05) is 91.7 Å². The van der Waals surface area contributed by atoms with Crippen molar-refractivity contribution < 1.29 is 14.3 Å². The number of H-pyrrole nitrogens is 1. The molecule has 0 aliphatic heterocycles. The molecule has 1 aromatic heterocycles. The molecule has 0 unspecified atom stereocenters. The monoisotopic (exact) mass is 525 g/mol. The molecule has 0 bridgehead atoms. The quantitative estimate of drug-likeness (QED) is 0.219. The number of carbonyl (C=O) groups is 2. The summed E-state index contributed by atoms with van der Waals surface area (Å²) in [5, 5.41) is 1.18. The van der Waals surface area contributed by atoms with E-state index >= 15 is 0 Å². The van der Waals surface area contributed by atoms with Crippen LogP contribution in [0.15, 0.2) is 85.1 Å². The lowest BCUT2D eigenvalue weighted by Crippen LogP contribution is -2.43. The Morgan fingerprint density at radius 3 is 2.26 bits per heavy atom. The Bertz CT molecular complexity index is 1330. The molecule has 0 spiro atoms. The summed E-state index contributed by atoms with van der Waals surface area (Å²) in [4.78, 5) is 33.8. The van der Waals surface area contributed by atoms with E-state index in [0.29, 0.717) is 39.1 Å². The number of ether oxygens (including phenoxy) is 1. The molecule has 4 rings (SSSR count). The minimum absolute atomic E-state index is 0.0201. The summed E-state index contributed by atoms with van der Waals surface area (Å²) in [5.74, 6) is 0.799. The summed E-state index contributed by atoms with van der Waals surface area (Å²) < 4.78 is 5.58. The molecule has 6 nitrogen and oxygen atoms in total. The lowest BCUT2D eigenvalue weighted by molar-refractivity contribution is -0.140. The van der Waals surface area contributed by atoms with Crippen molar-refractivity contribution in [3.05, 3.63) is 102 Å². The van der Waals surface area contributed by atoms with Crippen LogP contribution < -0.4 is 4.74 Å². The molecular weight excluding hydrogens is 486 g/mol. The second-order valence-electron chi connectivity index (χ2n) is 9.80. The van der Waals surface area contributed by atoms with Crippen molar-refractivity contribution in [2.45, 2.75) is 46.1 Å². The number of carbonyl (C=O) groups excluding carboxylic acids is 2. The van der Waals surface area contributed by atoms with Crippen LogP contribution in [-0.4, -0.2) is 52.8 Å². The lowest BCUT2D eigenvalue weighted by Gasteiger charge is -2.28. The van der Waals surface area contributed by atoms with Gasteiger partial charge in [-0.3, -0.25) is 9.59 Å². The van der Waals surface area contributed by atoms with Crippen molar-refractivity contribution in [2.75, 3.05) is 26.2 Å². The molecule has 0 aliphatic rings. The summed E-state index contributed by atoms with van der Waals surface area (Å²) in [6.07, 6.45) is 4.62. The lowest BCUT2D eigenvalue weighted by atomic mass is 10.1. The number of para-hydroxylation sites is 1. The third kappa shape index (κ3) is 7.96. The van der Waals surface area contributed by atoms with Crippen LogP contribution in [0, 0.1) is 0 Å². The second kappa shape index (κ2) is 14.2. The average molecular weight is 526 g/mol. The van der Waals surface area contributed by atoms with Crippen molar-refractivity contribution in [3.8, 4) is 5.75 Å². The number of hydrogen-bond acceptors (Lipinski definition) is 3. The molecule has 1 N–H and O–H groups in total. The maximum Gasteiger partial charge on any atom is 0.242 e. The number of aromatic amines is 1. The number of amides is 2. The summed E-state index contributed by atoms with van der Waals surface area (Å²) in [5.41, 5.74) is 4.43. The van der Waals surface area contributed by atoms with E-state index in [0.717, 1.165) is 35.2 Å². The molecule has 0 fully saturated rings. The van der Waals surface area contributed by atoms with Crippen LogP contribution in [0.2, 0.25) is 0 Å². The topological polar surface area (TPSA) is 65.6 Å². The maximum atomic E-state index is 13.7. The largest absolute Gasteiger partial charge is 0.494 e. The van der Waals surface area contributed by atoms with Crippen LogP contribution in [-0.2, 0) is 29.0 Å². The first kappa shape index (κ1) is 28.0. The Kier molecular flexibility index (Phi) is 10.2. The van der Waals surface area contributed by atoms with Gasteiger partial charge in [-0.2, -0.15) is 0 Å². The molecule has 0 aliphatic carbocycles. The van der Waals surface area contributed by atoms with Crippen LogP contribution in [0.25, 0.3) is 10.9 Å². The Morgan fingerprint density at radius 2 is 1.51 bits per heavy atom. The van der Waals surface area contributed by atoms with Crippen molar-refractivity contribution in [2.24, 2.45) is 0 Å². The highest BCUT2D eigenvalue weighted by molar-refractivity contribution is 5.85. The van der Waals surface area contributed by atoms with Gasteiger partial charge >= 0.3 is 0 Å². The summed E-state index contributed by atoms with van der Waals surface area (Å²) in [6.45, 7) is 6.31. The maximum absolute atomic E-state index is 13.7. The Balaban J connectivity index is 1.46. The number of aromatic nitrogens is 1. The van der Waals surface area contributed by atoms with Gasteiger partial charge in [-0.1, -0.05) is 67.6 Å². The average Bonchev–Trinajstić information content (AvgIpc) is 3.38. The minimum atomic E-state index is -0.0368. The Morgan fingerprint density at radius 1 is 0.769 bits per heavy atom. The van der Waals surface area contributed by atoms with Crippen molar-refractivity contribution in [1.29, 1.82) is 0 Å². The van der Waals surface area contributed by atoms with Crippen LogP contribution in [0.1, 0.15) is 43.4 Å². The Labute approximate surface area is 231 Å². The van der Waals surface area contributed by atoms with Gasteiger partial charge in [0, 0.05) is 43.2 Å². The molecule has 4 aromatic rings. The van der Waals surface area contributed by atoms with Gasteiger partial charge in [-0.05, 0) is 61.1 Å². The molecule has 1 heterocycles. The van der Waals surface area contributed by atoms with Gasteiger partial charge in [0.05, 0.1) is 13.2 Å². The first-order valence-corrected chi connectivity index (χ1v) is 13.9. The minimum Gasteiger partial charge on any atom is -0.494 e. The van der Waals surface area contributed by atoms with Gasteiger partial charge in [0.15, 0.2) is 0 Å². The number of hydrogen-bond donors (Lipinski definition) is 1. The molecular formula is C33H39N3O3. The standard InChI is InChI=1S/C33H39N3O3/c1-3-21-35(32(37)19-16-26-10-6-5-7-11-26)25-33(38)36(24-27-14-17-29(18-15-27)39-4-2)22-20-28-23-34-31-13-9-8-12-30(28)31/h5-15,17-18,23,34H,3-4,16,19-22,24-25H2,1-2H3. The van der Waals surface area contributed by atoms with Crippen molar-refractivity contribution in [1.82, 2.24) is 14.8 Å². The van der Waals surface area contributed by atoms with Crippen LogP contribution in [0.5, 0.6) is 5.75 Å². The zero-order chi connectivity index (χ0) is 27.5. The second-order valence-corrected chi connectivity index (χ2v) is 9.80. The fourth-order valence-electron chi connectivity index (χ4n) is 4.84. The van der Waals surface area contributed by atoms with E-state index < -0.39 is 0 Å². The van der Waals surface area contributed by atoms with Crippen LogP contribution in [0.3, 0.4) is 0 Å². The van der Waals surface area contributed by atoms with Gasteiger partial charge < -0.3 is 19.5 Å². The first-order valence-electron chi connectivity index (χ1n) is 13.9. The third-order valence-corrected chi connectivity index (χ3v) is 6.93. The molecule has 0 saturated carbocycles. The number of nitrogens with one attached hydrogen (secondary N) is 1. The molecule has 0 atom stereocenters. The zero-order valence-corrected chi connectivity index (χ0v) is 23.1. The van der Waals surface area contributed by atoms with Crippen molar-refractivity contribution >= 4 is 22.7 Å². The first-order chi connectivity index (χ1) is 19.1. The van der Waals surface area contributed by atoms with E-state index in [4.69, 9.17) is 4.74 Å². The highest BCUT2D eigenvalue weighted by Crippen LogP contribution is 2.20. The molecule has 3 aromatic carbocycles. The smallest absolute Gasteiger partial charge is 0.242 e. The number of nitrogens with zero attached hydrogens (tertiary/aromatic N) is 2. The van der Waals surface area contributed by atoms with Gasteiger partial charge in [0.25, 0.3) is 0 Å². The summed E-state index contributed by atoms with van der Waals surface area (Å²) >= 11 is 0. The normalized spacial score (nSPS) is 10.9. The van der Waals surface area contributed by atoms with E-state index in [-0.39, 0.29) is 18.4 Å². The summed E-state index contributed by atoms with van der Waals surface area (Å²) in [7, 11) is 0. The van der Waals surface area contributed by atoms with Gasteiger partial charge in [0.1, 0.15) is 5.75 Å². The molecule has 204 valence electrons. The van der Waals surface area contributed by atoms with Crippen LogP contribution in [0.4, 0.5) is 0 Å². The van der Waals surface area contributed by atoms with E-state index in [1.165, 1.54) is 10.9 Å².